The van der Waals surface area contributed by atoms with Crippen LogP contribution in [0.2, 0.25) is 5.02 Å². The first kappa shape index (κ1) is 18.7. The molecule has 138 valence electrons. The predicted molar refractivity (Wildman–Crippen MR) is 103 cm³/mol. The maximum atomic E-state index is 12.6. The number of hydrogen-bond donors (Lipinski definition) is 1. The summed E-state index contributed by atoms with van der Waals surface area (Å²) in [4.78, 5) is 16.8. The van der Waals surface area contributed by atoms with Crippen LogP contribution in [0, 0.1) is 0 Å². The molecule has 0 saturated carbocycles. The van der Waals surface area contributed by atoms with Crippen LogP contribution >= 0.6 is 11.6 Å². The number of rotatable bonds is 4. The van der Waals surface area contributed by atoms with Crippen molar-refractivity contribution >= 4 is 39.0 Å². The Balaban J connectivity index is 1.88. The highest BCUT2D eigenvalue weighted by Gasteiger charge is 2.29. The number of carbonyl (C=O) groups excluding carboxylic acids is 1. The minimum Gasteiger partial charge on any atom is -0.307 e. The number of pyridine rings is 1. The van der Waals surface area contributed by atoms with E-state index in [1.807, 2.05) is 12.1 Å². The lowest BCUT2D eigenvalue weighted by molar-refractivity contribution is 0.102. The van der Waals surface area contributed by atoms with E-state index >= 15 is 0 Å². The SMILES string of the molecule is CC(C)c1ccnc(NC(=O)c2cc(N3CCCS3(=O)=O)ccc2Cl)c1. The fourth-order valence-corrected chi connectivity index (χ4v) is 4.59. The van der Waals surface area contributed by atoms with Crippen LogP contribution in [0.4, 0.5) is 11.5 Å². The van der Waals surface area contributed by atoms with E-state index in [9.17, 15) is 13.2 Å². The first-order valence-corrected chi connectivity index (χ1v) is 10.3. The number of sulfonamides is 1. The molecule has 0 spiro atoms. The molecule has 2 aromatic rings. The van der Waals surface area contributed by atoms with E-state index in [0.717, 1.165) is 5.56 Å². The molecule has 1 aliphatic heterocycles. The Labute approximate surface area is 158 Å². The highest BCUT2D eigenvalue weighted by Crippen LogP contribution is 2.29. The van der Waals surface area contributed by atoms with Crippen LogP contribution in [0.3, 0.4) is 0 Å². The van der Waals surface area contributed by atoms with Crippen molar-refractivity contribution in [3.05, 3.63) is 52.7 Å². The zero-order chi connectivity index (χ0) is 18.9. The van der Waals surface area contributed by atoms with E-state index in [1.54, 1.807) is 12.3 Å². The zero-order valence-electron chi connectivity index (χ0n) is 14.6. The average molecular weight is 394 g/mol. The molecule has 3 rings (SSSR count). The van der Waals surface area contributed by atoms with E-state index in [0.29, 0.717) is 30.4 Å². The lowest BCUT2D eigenvalue weighted by atomic mass is 10.1. The number of nitrogens with one attached hydrogen (secondary N) is 1. The summed E-state index contributed by atoms with van der Waals surface area (Å²) in [6, 6.07) is 8.36. The lowest BCUT2D eigenvalue weighted by Gasteiger charge is -2.18. The molecule has 1 amide bonds. The van der Waals surface area contributed by atoms with E-state index < -0.39 is 15.9 Å². The highest BCUT2D eigenvalue weighted by molar-refractivity contribution is 7.93. The first-order valence-electron chi connectivity index (χ1n) is 8.35. The van der Waals surface area contributed by atoms with Crippen LogP contribution in [0.25, 0.3) is 0 Å². The molecule has 8 heteroatoms. The molecule has 1 N–H and O–H groups in total. The van der Waals surface area contributed by atoms with Gasteiger partial charge in [0, 0.05) is 12.7 Å². The predicted octanol–water partition coefficient (Wildman–Crippen LogP) is 3.65. The third-order valence-corrected chi connectivity index (χ3v) is 6.47. The van der Waals surface area contributed by atoms with Crippen molar-refractivity contribution in [3.8, 4) is 0 Å². The molecule has 0 radical (unpaired) electrons. The summed E-state index contributed by atoms with van der Waals surface area (Å²) >= 11 is 6.17. The number of nitrogens with zero attached hydrogens (tertiary/aromatic N) is 2. The smallest absolute Gasteiger partial charge is 0.258 e. The van der Waals surface area contributed by atoms with E-state index in [4.69, 9.17) is 11.6 Å². The van der Waals surface area contributed by atoms with Gasteiger partial charge >= 0.3 is 0 Å². The van der Waals surface area contributed by atoms with Gasteiger partial charge in [0.2, 0.25) is 10.0 Å². The Hall–Kier alpha value is -2.12. The normalized spacial score (nSPS) is 16.1. The van der Waals surface area contributed by atoms with E-state index in [2.05, 4.69) is 24.1 Å². The average Bonchev–Trinajstić information content (AvgIpc) is 2.94. The third-order valence-electron chi connectivity index (χ3n) is 4.27. The molecule has 6 nitrogen and oxygen atoms in total. The molecule has 0 unspecified atom stereocenters. The maximum absolute atomic E-state index is 12.6. The molecule has 1 aromatic heterocycles. The molecule has 26 heavy (non-hydrogen) atoms. The van der Waals surface area contributed by atoms with Gasteiger partial charge in [-0.3, -0.25) is 9.10 Å². The topological polar surface area (TPSA) is 79.4 Å². The largest absolute Gasteiger partial charge is 0.307 e. The Morgan fingerprint density at radius 2 is 2.04 bits per heavy atom. The van der Waals surface area contributed by atoms with Gasteiger partial charge in [-0.25, -0.2) is 13.4 Å². The van der Waals surface area contributed by atoms with Crippen molar-refractivity contribution in [2.24, 2.45) is 0 Å². The second-order valence-electron chi connectivity index (χ2n) is 6.49. The van der Waals surface area contributed by atoms with Gasteiger partial charge in [-0.1, -0.05) is 25.4 Å². The maximum Gasteiger partial charge on any atom is 0.258 e. The Morgan fingerprint density at radius 3 is 2.69 bits per heavy atom. The number of hydrogen-bond acceptors (Lipinski definition) is 4. The van der Waals surface area contributed by atoms with Gasteiger partial charge in [0.05, 0.1) is 22.0 Å². The molecule has 0 aliphatic carbocycles. The minimum absolute atomic E-state index is 0.114. The standard InChI is InChI=1S/C18H20ClN3O3S/c1-12(2)13-6-7-20-17(10-13)21-18(23)15-11-14(4-5-16(15)19)22-8-3-9-26(22,24)25/h4-7,10-12H,3,8-9H2,1-2H3,(H,20,21,23). The number of halogens is 1. The van der Waals surface area contributed by atoms with Crippen molar-refractivity contribution in [3.63, 3.8) is 0 Å². The van der Waals surface area contributed by atoms with Crippen LogP contribution in [0.1, 0.15) is 42.1 Å². The van der Waals surface area contributed by atoms with Crippen molar-refractivity contribution in [2.75, 3.05) is 21.9 Å². The Kier molecular flexibility index (Phi) is 5.20. The van der Waals surface area contributed by atoms with Gasteiger partial charge in [0.15, 0.2) is 0 Å². The van der Waals surface area contributed by atoms with Gasteiger partial charge in [-0.15, -0.1) is 0 Å². The van der Waals surface area contributed by atoms with Crippen molar-refractivity contribution in [1.82, 2.24) is 4.98 Å². The summed E-state index contributed by atoms with van der Waals surface area (Å²) in [7, 11) is -3.32. The quantitative estimate of drug-likeness (QED) is 0.859. The monoisotopic (exact) mass is 393 g/mol. The van der Waals surface area contributed by atoms with Gasteiger partial charge in [-0.2, -0.15) is 0 Å². The third kappa shape index (κ3) is 3.83. The second kappa shape index (κ2) is 7.25. The van der Waals surface area contributed by atoms with Crippen LogP contribution in [0.5, 0.6) is 0 Å². The molecular weight excluding hydrogens is 374 g/mol. The van der Waals surface area contributed by atoms with E-state index in [-0.39, 0.29) is 16.3 Å². The van der Waals surface area contributed by atoms with Crippen LogP contribution in [0.15, 0.2) is 36.5 Å². The molecule has 1 aromatic carbocycles. The van der Waals surface area contributed by atoms with Crippen LogP contribution < -0.4 is 9.62 Å². The van der Waals surface area contributed by atoms with Crippen molar-refractivity contribution < 1.29 is 13.2 Å². The molecule has 1 saturated heterocycles. The summed E-state index contributed by atoms with van der Waals surface area (Å²) in [5.74, 6) is 0.419. The fourth-order valence-electron chi connectivity index (χ4n) is 2.83. The van der Waals surface area contributed by atoms with E-state index in [1.165, 1.54) is 16.4 Å². The number of aromatic nitrogens is 1. The molecule has 0 bridgehead atoms. The lowest BCUT2D eigenvalue weighted by Crippen LogP contribution is -2.25. The summed E-state index contributed by atoms with van der Waals surface area (Å²) in [6.45, 7) is 4.51. The Bertz CT molecular complexity index is 944. The molecule has 1 aliphatic rings. The number of carbonyl (C=O) groups is 1. The molecule has 0 atom stereocenters. The van der Waals surface area contributed by atoms with Crippen LogP contribution in [-0.4, -0.2) is 31.6 Å². The molecule has 2 heterocycles. The van der Waals surface area contributed by atoms with Gasteiger partial charge in [0.1, 0.15) is 5.82 Å². The van der Waals surface area contributed by atoms with Crippen molar-refractivity contribution in [1.29, 1.82) is 0 Å². The van der Waals surface area contributed by atoms with Gasteiger partial charge in [-0.05, 0) is 48.2 Å². The van der Waals surface area contributed by atoms with Crippen molar-refractivity contribution in [2.45, 2.75) is 26.2 Å². The minimum atomic E-state index is -3.32. The summed E-state index contributed by atoms with van der Waals surface area (Å²) in [5, 5.41) is 2.98. The molecular formula is C18H20ClN3O3S. The second-order valence-corrected chi connectivity index (χ2v) is 8.91. The molecule has 1 fully saturated rings. The van der Waals surface area contributed by atoms with Crippen LogP contribution in [-0.2, 0) is 10.0 Å². The zero-order valence-corrected chi connectivity index (χ0v) is 16.1. The van der Waals surface area contributed by atoms with Gasteiger partial charge in [0.25, 0.3) is 5.91 Å². The van der Waals surface area contributed by atoms with Gasteiger partial charge < -0.3 is 5.32 Å². The number of amides is 1. The first-order chi connectivity index (χ1) is 12.3. The number of anilines is 2. The summed E-state index contributed by atoms with van der Waals surface area (Å²) < 4.78 is 25.5. The Morgan fingerprint density at radius 1 is 1.27 bits per heavy atom. The fraction of sp³-hybridized carbons (Fsp3) is 0.333. The number of benzene rings is 1. The highest BCUT2D eigenvalue weighted by atomic mass is 35.5. The summed E-state index contributed by atoms with van der Waals surface area (Å²) in [5.41, 5.74) is 1.71. The summed E-state index contributed by atoms with van der Waals surface area (Å²) in [6.07, 6.45) is 2.21.